The molecule has 0 aromatic heterocycles. The van der Waals surface area contributed by atoms with Crippen LogP contribution >= 0.6 is 46.4 Å². The Hall–Kier alpha value is -0.230. The molecule has 1 unspecified atom stereocenters. The summed E-state index contributed by atoms with van der Waals surface area (Å²) in [5, 5.41) is 10.8. The van der Waals surface area contributed by atoms with E-state index in [4.69, 9.17) is 51.1 Å². The summed E-state index contributed by atoms with van der Waals surface area (Å²) in [6, 6.07) is 0. The molecular weight excluding hydrogens is 360 g/mol. The molecular formula is C13H11Cl4NO3. The minimum atomic E-state index is -1.94. The molecule has 0 radical (unpaired) electrons. The van der Waals surface area contributed by atoms with E-state index >= 15 is 0 Å². The second kappa shape index (κ2) is 5.44. The van der Waals surface area contributed by atoms with Gasteiger partial charge in [-0.05, 0) is 12.8 Å². The van der Waals surface area contributed by atoms with Crippen LogP contribution in [0.15, 0.2) is 0 Å². The van der Waals surface area contributed by atoms with Gasteiger partial charge in [-0.2, -0.15) is 0 Å². The van der Waals surface area contributed by atoms with Gasteiger partial charge >= 0.3 is 11.9 Å². The molecule has 21 heavy (non-hydrogen) atoms. The SMILES string of the molecule is O=C1OC(O)(N2CCCCC2)c2c(Cl)c(Cl)c(Cl)c(Cl)c21. The number of halogens is 4. The highest BCUT2D eigenvalue weighted by atomic mass is 35.5. The maximum Gasteiger partial charge on any atom is 0.344 e. The van der Waals surface area contributed by atoms with Gasteiger partial charge in [0, 0.05) is 13.1 Å². The Kier molecular flexibility index (Phi) is 4.06. The summed E-state index contributed by atoms with van der Waals surface area (Å²) in [5.41, 5.74) is 0.0552. The van der Waals surface area contributed by atoms with Gasteiger partial charge in [-0.3, -0.25) is 0 Å². The van der Waals surface area contributed by atoms with E-state index in [0.29, 0.717) is 13.1 Å². The van der Waals surface area contributed by atoms with E-state index in [-0.39, 0.29) is 31.2 Å². The summed E-state index contributed by atoms with van der Waals surface area (Å²) in [6.07, 6.45) is 2.84. The third kappa shape index (κ3) is 2.24. The van der Waals surface area contributed by atoms with Gasteiger partial charge in [0.05, 0.1) is 31.2 Å². The summed E-state index contributed by atoms with van der Waals surface area (Å²) in [4.78, 5) is 13.8. The first kappa shape index (κ1) is 15.7. The van der Waals surface area contributed by atoms with E-state index in [2.05, 4.69) is 0 Å². The van der Waals surface area contributed by atoms with Crippen LogP contribution in [0.4, 0.5) is 0 Å². The van der Waals surface area contributed by atoms with Gasteiger partial charge in [0.1, 0.15) is 0 Å². The van der Waals surface area contributed by atoms with Crippen molar-refractivity contribution >= 4 is 52.4 Å². The van der Waals surface area contributed by atoms with Crippen molar-refractivity contribution in [3.05, 3.63) is 31.2 Å². The number of carbonyl (C=O) groups is 1. The zero-order valence-corrected chi connectivity index (χ0v) is 13.8. The number of carbonyl (C=O) groups excluding carboxylic acids is 1. The number of nitrogens with zero attached hydrogens (tertiary/aromatic N) is 1. The Bertz CT molecular complexity index is 631. The summed E-state index contributed by atoms with van der Waals surface area (Å²) in [6.45, 7) is 1.16. The average Bonchev–Trinajstić information content (AvgIpc) is 2.76. The number of benzene rings is 1. The molecule has 8 heteroatoms. The quantitative estimate of drug-likeness (QED) is 0.460. The van der Waals surface area contributed by atoms with Crippen LogP contribution in [0.5, 0.6) is 0 Å². The van der Waals surface area contributed by atoms with Gasteiger partial charge in [-0.1, -0.05) is 52.8 Å². The molecule has 2 aliphatic heterocycles. The first-order valence-electron chi connectivity index (χ1n) is 6.45. The first-order chi connectivity index (χ1) is 9.88. The van der Waals surface area contributed by atoms with Crippen LogP contribution in [-0.2, 0) is 10.6 Å². The Labute approximate surface area is 141 Å². The predicted molar refractivity (Wildman–Crippen MR) is 81.2 cm³/mol. The van der Waals surface area contributed by atoms with Crippen LogP contribution in [0, 0.1) is 0 Å². The highest BCUT2D eigenvalue weighted by Gasteiger charge is 2.52. The number of aliphatic hydroxyl groups is 1. The molecule has 0 spiro atoms. The van der Waals surface area contributed by atoms with E-state index < -0.39 is 11.9 Å². The number of hydrogen-bond donors (Lipinski definition) is 1. The lowest BCUT2D eigenvalue weighted by Crippen LogP contribution is -2.49. The third-order valence-electron chi connectivity index (χ3n) is 3.82. The van der Waals surface area contributed by atoms with Gasteiger partial charge in [-0.15, -0.1) is 0 Å². The van der Waals surface area contributed by atoms with Gasteiger partial charge in [0.15, 0.2) is 0 Å². The van der Waals surface area contributed by atoms with Crippen molar-refractivity contribution in [1.29, 1.82) is 0 Å². The third-order valence-corrected chi connectivity index (χ3v) is 5.62. The second-order valence-corrected chi connectivity index (χ2v) is 6.56. The van der Waals surface area contributed by atoms with Gasteiger partial charge in [-0.25, -0.2) is 9.69 Å². The Morgan fingerprint density at radius 2 is 1.52 bits per heavy atom. The predicted octanol–water partition coefficient (Wildman–Crippen LogP) is 4.06. The lowest BCUT2D eigenvalue weighted by atomic mass is 10.0. The minimum Gasteiger partial charge on any atom is -0.411 e. The van der Waals surface area contributed by atoms with E-state index in [0.717, 1.165) is 19.3 Å². The van der Waals surface area contributed by atoms with Crippen molar-refractivity contribution in [3.8, 4) is 0 Å². The molecule has 0 bridgehead atoms. The summed E-state index contributed by atoms with van der Waals surface area (Å²) >= 11 is 24.3. The number of cyclic esters (lactones) is 1. The minimum absolute atomic E-state index is 0.00387. The van der Waals surface area contributed by atoms with E-state index in [1.807, 2.05) is 0 Å². The van der Waals surface area contributed by atoms with Crippen molar-refractivity contribution in [2.24, 2.45) is 0 Å². The van der Waals surface area contributed by atoms with Crippen molar-refractivity contribution in [2.45, 2.75) is 25.2 Å². The zero-order valence-electron chi connectivity index (χ0n) is 10.8. The Morgan fingerprint density at radius 3 is 2.14 bits per heavy atom. The fourth-order valence-electron chi connectivity index (χ4n) is 2.78. The topological polar surface area (TPSA) is 49.8 Å². The number of likely N-dealkylation sites (tertiary alicyclic amines) is 1. The highest BCUT2D eigenvalue weighted by Crippen LogP contribution is 2.50. The monoisotopic (exact) mass is 369 g/mol. The molecule has 4 nitrogen and oxygen atoms in total. The molecule has 2 heterocycles. The summed E-state index contributed by atoms with van der Waals surface area (Å²) < 4.78 is 5.19. The van der Waals surface area contributed by atoms with Crippen LogP contribution in [-0.4, -0.2) is 29.1 Å². The molecule has 1 atom stereocenters. The van der Waals surface area contributed by atoms with Crippen molar-refractivity contribution in [3.63, 3.8) is 0 Å². The molecule has 1 aromatic rings. The number of esters is 1. The smallest absolute Gasteiger partial charge is 0.344 e. The summed E-state index contributed by atoms with van der Waals surface area (Å²) in [5.74, 6) is -2.70. The molecule has 0 aliphatic carbocycles. The number of rotatable bonds is 1. The molecule has 1 N–H and O–H groups in total. The summed E-state index contributed by atoms with van der Waals surface area (Å²) in [7, 11) is 0. The Balaban J connectivity index is 2.21. The number of hydrogen-bond acceptors (Lipinski definition) is 4. The average molecular weight is 371 g/mol. The van der Waals surface area contributed by atoms with Crippen LogP contribution in [0.3, 0.4) is 0 Å². The van der Waals surface area contributed by atoms with Gasteiger partial charge in [0.2, 0.25) is 0 Å². The molecule has 1 saturated heterocycles. The lowest BCUT2D eigenvalue weighted by molar-refractivity contribution is -0.268. The molecule has 1 fully saturated rings. The van der Waals surface area contributed by atoms with E-state index in [1.165, 1.54) is 0 Å². The van der Waals surface area contributed by atoms with Crippen LogP contribution in [0.1, 0.15) is 35.2 Å². The zero-order chi connectivity index (χ0) is 15.4. The Morgan fingerprint density at radius 1 is 0.952 bits per heavy atom. The van der Waals surface area contributed by atoms with Gasteiger partial charge < -0.3 is 9.84 Å². The maximum atomic E-state index is 12.1. The van der Waals surface area contributed by atoms with Crippen molar-refractivity contribution in [2.75, 3.05) is 13.1 Å². The standard InChI is InChI=1S/C13H11Cl4NO3/c14-8-6-7(9(15)11(17)10(8)16)13(20,21-12(6)19)18-4-2-1-3-5-18/h20H,1-5H2. The maximum absolute atomic E-state index is 12.1. The second-order valence-electron chi connectivity index (χ2n) is 5.05. The molecule has 1 aromatic carbocycles. The van der Waals surface area contributed by atoms with E-state index in [9.17, 15) is 9.90 Å². The van der Waals surface area contributed by atoms with Crippen LogP contribution in [0.25, 0.3) is 0 Å². The largest absolute Gasteiger partial charge is 0.411 e. The number of fused-ring (bicyclic) bond motifs is 1. The first-order valence-corrected chi connectivity index (χ1v) is 7.96. The van der Waals surface area contributed by atoms with Crippen LogP contribution in [0.2, 0.25) is 20.1 Å². The van der Waals surface area contributed by atoms with Gasteiger partial charge in [0.25, 0.3) is 0 Å². The van der Waals surface area contributed by atoms with Crippen molar-refractivity contribution < 1.29 is 14.6 Å². The lowest BCUT2D eigenvalue weighted by Gasteiger charge is -2.38. The highest BCUT2D eigenvalue weighted by molar-refractivity contribution is 6.53. The molecule has 114 valence electrons. The van der Waals surface area contributed by atoms with E-state index in [1.54, 1.807) is 4.90 Å². The molecule has 0 saturated carbocycles. The van der Waals surface area contributed by atoms with Crippen molar-refractivity contribution in [1.82, 2.24) is 4.90 Å². The fourth-order valence-corrected chi connectivity index (χ4v) is 3.83. The number of piperidine rings is 1. The normalized spacial score (nSPS) is 25.9. The molecule has 2 aliphatic rings. The molecule has 0 amide bonds. The van der Waals surface area contributed by atoms with Crippen LogP contribution < -0.4 is 0 Å². The molecule has 3 rings (SSSR count). The number of ether oxygens (including phenoxy) is 1. The fraction of sp³-hybridized carbons (Fsp3) is 0.462.